The third-order valence-corrected chi connectivity index (χ3v) is 8.76. The molecule has 0 spiro atoms. The van der Waals surface area contributed by atoms with Crippen LogP contribution in [0.5, 0.6) is 11.5 Å². The number of hydrogen-bond donors (Lipinski definition) is 0. The predicted octanol–water partition coefficient (Wildman–Crippen LogP) is 3.82. The van der Waals surface area contributed by atoms with Crippen molar-refractivity contribution in [3.8, 4) is 22.8 Å². The molecule has 0 amide bonds. The molecule has 2 aliphatic rings. The van der Waals surface area contributed by atoms with Gasteiger partial charge in [0.25, 0.3) is 0 Å². The standard InChI is InChI=1S/C24H27N3O5S2/c1-30-19-7-10-21(23(15-19)31-2)22-16-33-24(27(22)18-5-6-18)25-17-3-8-20(9-4-17)34(28,29)26-11-13-32-14-12-26/h3-4,7-10,15-16,18H,5-6,11-14H2,1-2H3. The highest BCUT2D eigenvalue weighted by Crippen LogP contribution is 2.41. The molecule has 2 aromatic carbocycles. The maximum atomic E-state index is 12.9. The highest BCUT2D eigenvalue weighted by Gasteiger charge is 2.29. The van der Waals surface area contributed by atoms with Crippen LogP contribution < -0.4 is 14.3 Å². The lowest BCUT2D eigenvalue weighted by Gasteiger charge is -2.26. The van der Waals surface area contributed by atoms with Crippen molar-refractivity contribution in [1.29, 1.82) is 0 Å². The van der Waals surface area contributed by atoms with Crippen molar-refractivity contribution < 1.29 is 22.6 Å². The van der Waals surface area contributed by atoms with E-state index in [9.17, 15) is 8.42 Å². The Morgan fingerprint density at radius 1 is 1.03 bits per heavy atom. The number of rotatable bonds is 7. The molecule has 2 heterocycles. The maximum absolute atomic E-state index is 12.9. The molecule has 0 bridgehead atoms. The zero-order chi connectivity index (χ0) is 23.7. The van der Waals surface area contributed by atoms with Crippen LogP contribution in [0.2, 0.25) is 0 Å². The molecule has 1 aromatic heterocycles. The molecule has 8 nitrogen and oxygen atoms in total. The number of morpholine rings is 1. The van der Waals surface area contributed by atoms with Gasteiger partial charge in [-0.1, -0.05) is 0 Å². The van der Waals surface area contributed by atoms with Gasteiger partial charge in [0.2, 0.25) is 10.0 Å². The molecule has 5 rings (SSSR count). The summed E-state index contributed by atoms with van der Waals surface area (Å²) >= 11 is 1.56. The second-order valence-electron chi connectivity index (χ2n) is 8.19. The van der Waals surface area contributed by atoms with E-state index in [1.54, 1.807) is 49.8 Å². The van der Waals surface area contributed by atoms with Gasteiger partial charge in [-0.2, -0.15) is 4.31 Å². The zero-order valence-electron chi connectivity index (χ0n) is 19.1. The number of benzene rings is 2. The highest BCUT2D eigenvalue weighted by atomic mass is 32.2. The van der Waals surface area contributed by atoms with E-state index in [-0.39, 0.29) is 4.90 Å². The predicted molar refractivity (Wildman–Crippen MR) is 130 cm³/mol. The van der Waals surface area contributed by atoms with E-state index < -0.39 is 10.0 Å². The SMILES string of the molecule is COc1ccc(-c2csc(=Nc3ccc(S(=O)(=O)N4CCOCC4)cc3)n2C2CC2)c(OC)c1. The largest absolute Gasteiger partial charge is 0.497 e. The third kappa shape index (κ3) is 4.50. The molecule has 1 aliphatic heterocycles. The van der Waals surface area contributed by atoms with Gasteiger partial charge >= 0.3 is 0 Å². The van der Waals surface area contributed by atoms with Crippen LogP contribution in [-0.4, -0.2) is 57.8 Å². The van der Waals surface area contributed by atoms with Gasteiger partial charge in [0.15, 0.2) is 4.80 Å². The minimum atomic E-state index is -3.52. The molecule has 0 atom stereocenters. The Labute approximate surface area is 203 Å². The zero-order valence-corrected chi connectivity index (χ0v) is 20.8. The van der Waals surface area contributed by atoms with E-state index in [0.717, 1.165) is 40.4 Å². The Morgan fingerprint density at radius 2 is 1.76 bits per heavy atom. The van der Waals surface area contributed by atoms with E-state index in [1.807, 2.05) is 18.2 Å². The van der Waals surface area contributed by atoms with Crippen LogP contribution in [0, 0.1) is 0 Å². The lowest BCUT2D eigenvalue weighted by molar-refractivity contribution is 0.0730. The summed E-state index contributed by atoms with van der Waals surface area (Å²) in [5, 5.41) is 2.10. The average Bonchev–Trinajstić information content (AvgIpc) is 3.64. The fraction of sp³-hybridized carbons (Fsp3) is 0.375. The van der Waals surface area contributed by atoms with Gasteiger partial charge in [-0.25, -0.2) is 13.4 Å². The van der Waals surface area contributed by atoms with Gasteiger partial charge in [0.05, 0.1) is 43.7 Å². The number of ether oxygens (including phenoxy) is 3. The molecular weight excluding hydrogens is 474 g/mol. The van der Waals surface area contributed by atoms with E-state index in [0.29, 0.717) is 38.0 Å². The Balaban J connectivity index is 1.49. The summed E-state index contributed by atoms with van der Waals surface area (Å²) in [6.45, 7) is 1.60. The first-order valence-corrected chi connectivity index (χ1v) is 13.5. The van der Waals surface area contributed by atoms with Crippen LogP contribution in [0.15, 0.2) is 57.7 Å². The van der Waals surface area contributed by atoms with Crippen LogP contribution in [0.1, 0.15) is 18.9 Å². The minimum Gasteiger partial charge on any atom is -0.497 e. The first-order chi connectivity index (χ1) is 16.5. The Hall–Kier alpha value is -2.66. The summed E-state index contributed by atoms with van der Waals surface area (Å²) in [5.74, 6) is 1.49. The molecule has 10 heteroatoms. The van der Waals surface area contributed by atoms with Gasteiger partial charge in [0.1, 0.15) is 11.5 Å². The minimum absolute atomic E-state index is 0.276. The van der Waals surface area contributed by atoms with Crippen molar-refractivity contribution in [3.05, 3.63) is 52.6 Å². The quantitative estimate of drug-likeness (QED) is 0.492. The summed E-state index contributed by atoms with van der Waals surface area (Å²) in [6.07, 6.45) is 2.21. The molecule has 0 N–H and O–H groups in total. The second-order valence-corrected chi connectivity index (χ2v) is 11.0. The van der Waals surface area contributed by atoms with Gasteiger partial charge in [-0.05, 0) is 49.2 Å². The van der Waals surface area contributed by atoms with Crippen LogP contribution in [-0.2, 0) is 14.8 Å². The Morgan fingerprint density at radius 3 is 2.41 bits per heavy atom. The van der Waals surface area contributed by atoms with Crippen molar-refractivity contribution in [2.75, 3.05) is 40.5 Å². The van der Waals surface area contributed by atoms with Crippen LogP contribution in [0.25, 0.3) is 11.3 Å². The summed E-state index contributed by atoms with van der Waals surface area (Å²) in [7, 11) is -0.230. The van der Waals surface area contributed by atoms with E-state index in [1.165, 1.54) is 4.31 Å². The van der Waals surface area contributed by atoms with Crippen molar-refractivity contribution in [2.24, 2.45) is 4.99 Å². The van der Waals surface area contributed by atoms with Crippen LogP contribution in [0.3, 0.4) is 0 Å². The highest BCUT2D eigenvalue weighted by molar-refractivity contribution is 7.89. The topological polar surface area (TPSA) is 82.4 Å². The molecular formula is C24H27N3O5S2. The molecule has 1 aliphatic carbocycles. The third-order valence-electron chi connectivity index (χ3n) is 6.01. The van der Waals surface area contributed by atoms with Crippen LogP contribution >= 0.6 is 11.3 Å². The molecule has 34 heavy (non-hydrogen) atoms. The molecule has 0 unspecified atom stereocenters. The number of nitrogens with zero attached hydrogens (tertiary/aromatic N) is 3. The first kappa shape index (κ1) is 23.1. The van der Waals surface area contributed by atoms with E-state index in [2.05, 4.69) is 9.95 Å². The normalized spacial score (nSPS) is 17.6. The number of sulfonamides is 1. The van der Waals surface area contributed by atoms with Crippen molar-refractivity contribution in [1.82, 2.24) is 8.87 Å². The van der Waals surface area contributed by atoms with Gasteiger partial charge in [-0.3, -0.25) is 0 Å². The molecule has 0 radical (unpaired) electrons. The molecule has 180 valence electrons. The van der Waals surface area contributed by atoms with Gasteiger partial charge in [-0.15, -0.1) is 11.3 Å². The number of aromatic nitrogens is 1. The fourth-order valence-electron chi connectivity index (χ4n) is 4.03. The lowest BCUT2D eigenvalue weighted by atomic mass is 10.1. The summed E-state index contributed by atoms with van der Waals surface area (Å²) < 4.78 is 45.8. The molecule has 1 saturated carbocycles. The number of methoxy groups -OCH3 is 2. The number of thiazole rings is 1. The Kier molecular flexibility index (Phi) is 6.48. The van der Waals surface area contributed by atoms with E-state index >= 15 is 0 Å². The monoisotopic (exact) mass is 501 g/mol. The van der Waals surface area contributed by atoms with Crippen molar-refractivity contribution >= 4 is 27.0 Å². The molecule has 3 aromatic rings. The fourth-order valence-corrected chi connectivity index (χ4v) is 6.42. The Bertz CT molecular complexity index is 1340. The lowest BCUT2D eigenvalue weighted by Crippen LogP contribution is -2.40. The molecule has 1 saturated heterocycles. The van der Waals surface area contributed by atoms with Crippen molar-refractivity contribution in [2.45, 2.75) is 23.8 Å². The van der Waals surface area contributed by atoms with Crippen LogP contribution in [0.4, 0.5) is 5.69 Å². The van der Waals surface area contributed by atoms with Gasteiger partial charge < -0.3 is 18.8 Å². The maximum Gasteiger partial charge on any atom is 0.243 e. The average molecular weight is 502 g/mol. The number of hydrogen-bond acceptors (Lipinski definition) is 7. The molecule has 2 fully saturated rings. The first-order valence-electron chi connectivity index (χ1n) is 11.2. The summed E-state index contributed by atoms with van der Waals surface area (Å²) in [4.78, 5) is 6.01. The summed E-state index contributed by atoms with van der Waals surface area (Å²) in [6, 6.07) is 13.0. The van der Waals surface area contributed by atoms with E-state index in [4.69, 9.17) is 19.2 Å². The smallest absolute Gasteiger partial charge is 0.243 e. The second kappa shape index (κ2) is 9.53. The summed E-state index contributed by atoms with van der Waals surface area (Å²) in [5.41, 5.74) is 2.75. The van der Waals surface area contributed by atoms with Crippen molar-refractivity contribution in [3.63, 3.8) is 0 Å². The van der Waals surface area contributed by atoms with Gasteiger partial charge in [0, 0.05) is 36.1 Å².